The molecule has 0 radical (unpaired) electrons. The van der Waals surface area contributed by atoms with Crippen LogP contribution in [0.1, 0.15) is 16.8 Å². The number of nitrogens with zero attached hydrogens (tertiary/aromatic N) is 4. The number of benzene rings is 1. The Bertz CT molecular complexity index is 1380. The lowest BCUT2D eigenvalue weighted by Crippen LogP contribution is -2.13. The van der Waals surface area contributed by atoms with E-state index >= 15 is 0 Å². The Labute approximate surface area is 165 Å². The highest BCUT2D eigenvalue weighted by molar-refractivity contribution is 7.16. The van der Waals surface area contributed by atoms with E-state index in [2.05, 4.69) is 47.6 Å². The predicted octanol–water partition coefficient (Wildman–Crippen LogP) is 4.44. The van der Waals surface area contributed by atoms with Gasteiger partial charge in [-0.15, -0.1) is 0 Å². The molecule has 0 fully saturated rings. The molecule has 0 atom stereocenters. The van der Waals surface area contributed by atoms with Gasteiger partial charge in [0.05, 0.1) is 22.5 Å². The lowest BCUT2D eigenvalue weighted by atomic mass is 10.1. The molecule has 0 saturated heterocycles. The second-order valence-corrected chi connectivity index (χ2v) is 7.97. The van der Waals surface area contributed by atoms with Crippen molar-refractivity contribution in [1.29, 1.82) is 0 Å². The zero-order valence-corrected chi connectivity index (χ0v) is 16.4. The fourth-order valence-corrected chi connectivity index (χ4v) is 4.45. The molecule has 4 heterocycles. The van der Waals surface area contributed by atoms with E-state index in [0.29, 0.717) is 6.54 Å². The first-order chi connectivity index (χ1) is 13.6. The van der Waals surface area contributed by atoms with Crippen LogP contribution in [-0.2, 0) is 6.54 Å². The lowest BCUT2D eigenvalue weighted by Gasteiger charge is -2.05. The van der Waals surface area contributed by atoms with Gasteiger partial charge in [-0.1, -0.05) is 23.5 Å². The molecule has 5 aromatic rings. The quantitative estimate of drug-likeness (QED) is 0.461. The van der Waals surface area contributed by atoms with Gasteiger partial charge in [0.2, 0.25) is 0 Å². The number of hydrogen-bond donors (Lipinski definition) is 0. The van der Waals surface area contributed by atoms with Gasteiger partial charge >= 0.3 is 4.87 Å². The van der Waals surface area contributed by atoms with Crippen molar-refractivity contribution in [1.82, 2.24) is 18.9 Å². The minimum atomic E-state index is 0.0401. The molecule has 5 nitrogen and oxygen atoms in total. The van der Waals surface area contributed by atoms with Crippen LogP contribution in [0.5, 0.6) is 0 Å². The zero-order valence-electron chi connectivity index (χ0n) is 15.6. The molecule has 1 aromatic carbocycles. The number of fused-ring (bicyclic) bond motifs is 2. The summed E-state index contributed by atoms with van der Waals surface area (Å²) in [4.78, 5) is 21.6. The van der Waals surface area contributed by atoms with Gasteiger partial charge in [0, 0.05) is 29.8 Å². The third kappa shape index (κ3) is 2.73. The maximum absolute atomic E-state index is 12.6. The standard InChI is InChI=1S/C22H18N4OS/c1-14-7-9-25-15(2)21(24-20(25)10-14)17-5-6-19-18(11-17)26(22(27)28-19)13-16-4-3-8-23-12-16/h3-12H,13H2,1-2H3. The van der Waals surface area contributed by atoms with Gasteiger partial charge in [-0.3, -0.25) is 14.3 Å². The molecule has 0 amide bonds. The summed E-state index contributed by atoms with van der Waals surface area (Å²) in [6.07, 6.45) is 5.59. The summed E-state index contributed by atoms with van der Waals surface area (Å²) in [5, 5.41) is 0. The summed E-state index contributed by atoms with van der Waals surface area (Å²) < 4.78 is 4.90. The van der Waals surface area contributed by atoms with Crippen LogP contribution in [0.2, 0.25) is 0 Å². The van der Waals surface area contributed by atoms with Crippen molar-refractivity contribution in [2.24, 2.45) is 0 Å². The number of aryl methyl sites for hydroxylation is 2. The van der Waals surface area contributed by atoms with Gasteiger partial charge in [-0.05, 0) is 55.3 Å². The van der Waals surface area contributed by atoms with Gasteiger partial charge in [-0.2, -0.15) is 0 Å². The van der Waals surface area contributed by atoms with Crippen LogP contribution in [0.15, 0.2) is 65.8 Å². The maximum Gasteiger partial charge on any atom is 0.308 e. The molecule has 0 bridgehead atoms. The van der Waals surface area contributed by atoms with Crippen molar-refractivity contribution in [3.05, 3.63) is 87.5 Å². The molecule has 4 aromatic heterocycles. The first-order valence-corrected chi connectivity index (χ1v) is 9.90. The SMILES string of the molecule is Cc1ccn2c(C)c(-c3ccc4sc(=O)n(Cc5cccnc5)c4c3)nc2c1. The first-order valence-electron chi connectivity index (χ1n) is 9.08. The molecule has 28 heavy (non-hydrogen) atoms. The average molecular weight is 386 g/mol. The van der Waals surface area contributed by atoms with Gasteiger partial charge in [0.25, 0.3) is 0 Å². The Morgan fingerprint density at radius 1 is 1.11 bits per heavy atom. The van der Waals surface area contributed by atoms with Crippen molar-refractivity contribution in [2.75, 3.05) is 0 Å². The van der Waals surface area contributed by atoms with E-state index in [4.69, 9.17) is 4.98 Å². The third-order valence-electron chi connectivity index (χ3n) is 5.02. The fourth-order valence-electron chi connectivity index (χ4n) is 3.58. The first kappa shape index (κ1) is 16.9. The normalized spacial score (nSPS) is 11.5. The predicted molar refractivity (Wildman–Crippen MR) is 113 cm³/mol. The van der Waals surface area contributed by atoms with Crippen molar-refractivity contribution in [3.63, 3.8) is 0 Å². The fraction of sp³-hybridized carbons (Fsp3) is 0.136. The molecule has 0 saturated carbocycles. The highest BCUT2D eigenvalue weighted by atomic mass is 32.1. The maximum atomic E-state index is 12.6. The number of imidazole rings is 1. The topological polar surface area (TPSA) is 52.2 Å². The van der Waals surface area contributed by atoms with E-state index in [1.54, 1.807) is 12.4 Å². The molecule has 0 spiro atoms. The van der Waals surface area contributed by atoms with E-state index in [1.165, 1.54) is 16.9 Å². The molecular formula is C22H18N4OS. The third-order valence-corrected chi connectivity index (χ3v) is 5.98. The van der Waals surface area contributed by atoms with E-state index in [-0.39, 0.29) is 4.87 Å². The van der Waals surface area contributed by atoms with Crippen LogP contribution in [0.3, 0.4) is 0 Å². The van der Waals surface area contributed by atoms with Gasteiger partial charge < -0.3 is 4.40 Å². The number of pyridine rings is 2. The van der Waals surface area contributed by atoms with Crippen LogP contribution in [0.25, 0.3) is 27.1 Å². The largest absolute Gasteiger partial charge is 0.308 e. The van der Waals surface area contributed by atoms with Crippen LogP contribution in [0, 0.1) is 13.8 Å². The Kier molecular flexibility index (Phi) is 3.87. The smallest absolute Gasteiger partial charge is 0.304 e. The zero-order chi connectivity index (χ0) is 19.3. The van der Waals surface area contributed by atoms with Crippen LogP contribution >= 0.6 is 11.3 Å². The number of aromatic nitrogens is 4. The molecule has 0 N–H and O–H groups in total. The Morgan fingerprint density at radius 2 is 2.00 bits per heavy atom. The van der Waals surface area contributed by atoms with E-state index in [1.807, 2.05) is 28.8 Å². The Morgan fingerprint density at radius 3 is 2.82 bits per heavy atom. The van der Waals surface area contributed by atoms with Crippen LogP contribution in [0.4, 0.5) is 0 Å². The van der Waals surface area contributed by atoms with E-state index in [0.717, 1.165) is 38.4 Å². The Balaban J connectivity index is 1.67. The molecule has 0 aliphatic carbocycles. The van der Waals surface area contributed by atoms with Crippen LogP contribution < -0.4 is 4.87 Å². The summed E-state index contributed by atoms with van der Waals surface area (Å²) in [6.45, 7) is 4.66. The van der Waals surface area contributed by atoms with Crippen molar-refractivity contribution in [2.45, 2.75) is 20.4 Å². The highest BCUT2D eigenvalue weighted by Crippen LogP contribution is 2.29. The minimum absolute atomic E-state index is 0.0401. The monoisotopic (exact) mass is 386 g/mol. The molecule has 5 rings (SSSR count). The van der Waals surface area contributed by atoms with Crippen molar-refractivity contribution < 1.29 is 0 Å². The van der Waals surface area contributed by atoms with E-state index < -0.39 is 0 Å². The second kappa shape index (κ2) is 6.42. The average Bonchev–Trinajstić information content (AvgIpc) is 3.19. The summed E-state index contributed by atoms with van der Waals surface area (Å²) >= 11 is 1.27. The van der Waals surface area contributed by atoms with Gasteiger partial charge in [0.1, 0.15) is 5.65 Å². The molecular weight excluding hydrogens is 368 g/mol. The van der Waals surface area contributed by atoms with Crippen molar-refractivity contribution in [3.8, 4) is 11.3 Å². The van der Waals surface area contributed by atoms with Crippen LogP contribution in [-0.4, -0.2) is 18.9 Å². The molecule has 138 valence electrons. The van der Waals surface area contributed by atoms with E-state index in [9.17, 15) is 4.79 Å². The van der Waals surface area contributed by atoms with Crippen molar-refractivity contribution >= 4 is 27.2 Å². The molecule has 0 aliphatic rings. The second-order valence-electron chi connectivity index (χ2n) is 6.98. The minimum Gasteiger partial charge on any atom is -0.304 e. The lowest BCUT2D eigenvalue weighted by molar-refractivity contribution is 0.811. The summed E-state index contributed by atoms with van der Waals surface area (Å²) in [5.41, 5.74) is 7.11. The Hall–Kier alpha value is -3.25. The number of thiazole rings is 1. The number of rotatable bonds is 3. The summed E-state index contributed by atoms with van der Waals surface area (Å²) in [7, 11) is 0. The molecule has 0 unspecified atom stereocenters. The summed E-state index contributed by atoms with van der Waals surface area (Å²) in [5.74, 6) is 0. The molecule has 0 aliphatic heterocycles. The van der Waals surface area contributed by atoms with Gasteiger partial charge in [0.15, 0.2) is 0 Å². The summed E-state index contributed by atoms with van der Waals surface area (Å²) in [6, 6.07) is 14.2. The molecule has 6 heteroatoms. The van der Waals surface area contributed by atoms with Gasteiger partial charge in [-0.25, -0.2) is 4.98 Å². The highest BCUT2D eigenvalue weighted by Gasteiger charge is 2.14. The number of hydrogen-bond acceptors (Lipinski definition) is 4.